The SMILES string of the molecule is C1=CCCC=C1.CCC. The van der Waals surface area contributed by atoms with E-state index < -0.39 is 0 Å². The van der Waals surface area contributed by atoms with Crippen LogP contribution in [0.4, 0.5) is 0 Å². The zero-order chi connectivity index (χ0) is 6.95. The molecule has 0 bridgehead atoms. The van der Waals surface area contributed by atoms with Gasteiger partial charge in [-0.25, -0.2) is 0 Å². The van der Waals surface area contributed by atoms with Crippen LogP contribution in [0.5, 0.6) is 0 Å². The van der Waals surface area contributed by atoms with E-state index in [-0.39, 0.29) is 0 Å². The van der Waals surface area contributed by atoms with Gasteiger partial charge in [-0.15, -0.1) is 0 Å². The second-order valence-corrected chi connectivity index (χ2v) is 2.14. The first kappa shape index (κ1) is 8.48. The van der Waals surface area contributed by atoms with Gasteiger partial charge in [0.05, 0.1) is 0 Å². The van der Waals surface area contributed by atoms with Gasteiger partial charge in [0.1, 0.15) is 0 Å². The van der Waals surface area contributed by atoms with E-state index in [1.807, 2.05) is 0 Å². The molecular weight excluding hydrogens is 108 g/mol. The highest BCUT2D eigenvalue weighted by atomic mass is 13.8. The van der Waals surface area contributed by atoms with Gasteiger partial charge in [0, 0.05) is 0 Å². The molecule has 1 aliphatic carbocycles. The van der Waals surface area contributed by atoms with Crippen LogP contribution in [0.1, 0.15) is 33.1 Å². The fraction of sp³-hybridized carbons (Fsp3) is 0.556. The number of rotatable bonds is 0. The molecule has 0 saturated carbocycles. The molecule has 52 valence electrons. The molecule has 0 amide bonds. The molecule has 0 heteroatoms. The summed E-state index contributed by atoms with van der Waals surface area (Å²) in [5.41, 5.74) is 0. The molecule has 1 aliphatic rings. The Morgan fingerprint density at radius 3 is 1.44 bits per heavy atom. The molecule has 0 atom stereocenters. The molecule has 0 spiro atoms. The summed E-state index contributed by atoms with van der Waals surface area (Å²) >= 11 is 0. The lowest BCUT2D eigenvalue weighted by atomic mass is 10.2. The molecule has 0 N–H and O–H groups in total. The van der Waals surface area contributed by atoms with Gasteiger partial charge in [-0.1, -0.05) is 44.6 Å². The number of hydrogen-bond donors (Lipinski definition) is 0. The van der Waals surface area contributed by atoms with E-state index >= 15 is 0 Å². The van der Waals surface area contributed by atoms with Crippen molar-refractivity contribution in [2.75, 3.05) is 0 Å². The van der Waals surface area contributed by atoms with Crippen molar-refractivity contribution in [3.05, 3.63) is 24.3 Å². The van der Waals surface area contributed by atoms with Gasteiger partial charge < -0.3 is 0 Å². The van der Waals surface area contributed by atoms with E-state index in [4.69, 9.17) is 0 Å². The van der Waals surface area contributed by atoms with Crippen molar-refractivity contribution in [1.29, 1.82) is 0 Å². The molecule has 9 heavy (non-hydrogen) atoms. The van der Waals surface area contributed by atoms with Crippen LogP contribution < -0.4 is 0 Å². The lowest BCUT2D eigenvalue weighted by molar-refractivity contribution is 1.04. The zero-order valence-corrected chi connectivity index (χ0v) is 6.43. The van der Waals surface area contributed by atoms with E-state index in [1.165, 1.54) is 19.3 Å². The van der Waals surface area contributed by atoms with Crippen molar-refractivity contribution < 1.29 is 0 Å². The monoisotopic (exact) mass is 124 g/mol. The first-order valence-electron chi connectivity index (χ1n) is 3.73. The summed E-state index contributed by atoms with van der Waals surface area (Å²) in [6, 6.07) is 0. The second-order valence-electron chi connectivity index (χ2n) is 2.14. The Hall–Kier alpha value is -0.520. The van der Waals surface area contributed by atoms with Crippen molar-refractivity contribution in [1.82, 2.24) is 0 Å². The fourth-order valence-electron chi connectivity index (χ4n) is 0.542. The fourth-order valence-corrected chi connectivity index (χ4v) is 0.542. The third-order valence-electron chi connectivity index (χ3n) is 0.883. The zero-order valence-electron chi connectivity index (χ0n) is 6.43. The number of allylic oxidation sites excluding steroid dienone is 4. The van der Waals surface area contributed by atoms with Crippen LogP contribution in [0.2, 0.25) is 0 Å². The van der Waals surface area contributed by atoms with Gasteiger partial charge in [-0.05, 0) is 12.8 Å². The van der Waals surface area contributed by atoms with Crippen LogP contribution in [0, 0.1) is 0 Å². The largest absolute Gasteiger partial charge is 0.0842 e. The molecule has 0 radical (unpaired) electrons. The molecule has 0 aromatic rings. The summed E-state index contributed by atoms with van der Waals surface area (Å²) in [7, 11) is 0. The van der Waals surface area contributed by atoms with Crippen molar-refractivity contribution in [3.8, 4) is 0 Å². The molecule has 0 aromatic heterocycles. The summed E-state index contributed by atoms with van der Waals surface area (Å²) in [6.45, 7) is 4.25. The lowest BCUT2D eigenvalue weighted by Crippen LogP contribution is -1.67. The van der Waals surface area contributed by atoms with Gasteiger partial charge in [0.2, 0.25) is 0 Å². The van der Waals surface area contributed by atoms with Crippen molar-refractivity contribution >= 4 is 0 Å². The van der Waals surface area contributed by atoms with Gasteiger partial charge >= 0.3 is 0 Å². The molecule has 0 nitrogen and oxygen atoms in total. The molecule has 0 saturated heterocycles. The normalized spacial score (nSPS) is 14.4. The highest BCUT2D eigenvalue weighted by molar-refractivity contribution is 5.07. The highest BCUT2D eigenvalue weighted by Gasteiger charge is 1.77. The minimum Gasteiger partial charge on any atom is -0.0842 e. The smallest absolute Gasteiger partial charge is 0.0313 e. The second kappa shape index (κ2) is 7.48. The van der Waals surface area contributed by atoms with E-state index in [0.29, 0.717) is 0 Å². The van der Waals surface area contributed by atoms with Gasteiger partial charge in [-0.3, -0.25) is 0 Å². The molecule has 0 aromatic carbocycles. The minimum absolute atomic E-state index is 1.23. The minimum atomic E-state index is 1.23. The third kappa shape index (κ3) is 7.48. The molecular formula is C9H16. The highest BCUT2D eigenvalue weighted by Crippen LogP contribution is 1.98. The van der Waals surface area contributed by atoms with Crippen LogP contribution in [0.15, 0.2) is 24.3 Å². The predicted octanol–water partition coefficient (Wildman–Crippen LogP) is 3.31. The molecule has 0 heterocycles. The van der Waals surface area contributed by atoms with Gasteiger partial charge in [0.15, 0.2) is 0 Å². The Balaban J connectivity index is 0.000000187. The summed E-state index contributed by atoms with van der Waals surface area (Å²) < 4.78 is 0. The maximum Gasteiger partial charge on any atom is -0.0313 e. The van der Waals surface area contributed by atoms with Crippen molar-refractivity contribution in [2.24, 2.45) is 0 Å². The Labute approximate surface area is 58.3 Å². The van der Waals surface area contributed by atoms with Gasteiger partial charge in [0.25, 0.3) is 0 Å². The Bertz CT molecular complexity index is 76.2. The summed E-state index contributed by atoms with van der Waals surface area (Å²) in [5.74, 6) is 0. The van der Waals surface area contributed by atoms with Crippen LogP contribution in [-0.2, 0) is 0 Å². The summed E-state index contributed by atoms with van der Waals surface area (Å²) in [5, 5.41) is 0. The topological polar surface area (TPSA) is 0 Å². The molecule has 0 unspecified atom stereocenters. The summed E-state index contributed by atoms with van der Waals surface area (Å²) in [6.07, 6.45) is 12.2. The van der Waals surface area contributed by atoms with Crippen molar-refractivity contribution in [2.45, 2.75) is 33.1 Å². The van der Waals surface area contributed by atoms with E-state index in [9.17, 15) is 0 Å². The van der Waals surface area contributed by atoms with Crippen LogP contribution in [0.25, 0.3) is 0 Å². The van der Waals surface area contributed by atoms with Crippen LogP contribution in [-0.4, -0.2) is 0 Å². The average molecular weight is 124 g/mol. The Morgan fingerprint density at radius 1 is 1.00 bits per heavy atom. The third-order valence-corrected chi connectivity index (χ3v) is 0.883. The first-order valence-corrected chi connectivity index (χ1v) is 3.73. The molecule has 0 fully saturated rings. The Morgan fingerprint density at radius 2 is 1.33 bits per heavy atom. The lowest BCUT2D eigenvalue weighted by Gasteiger charge is -1.88. The number of hydrogen-bond acceptors (Lipinski definition) is 0. The standard InChI is InChI=1S/C6H8.C3H8/c1-2-4-6-5-3-1;1-3-2/h1-4H,5-6H2;3H2,1-2H3. The van der Waals surface area contributed by atoms with Crippen molar-refractivity contribution in [3.63, 3.8) is 0 Å². The maximum atomic E-state index is 2.18. The van der Waals surface area contributed by atoms with Crippen LogP contribution in [0.3, 0.4) is 0 Å². The Kier molecular flexibility index (Phi) is 7.05. The average Bonchev–Trinajstić information content (AvgIpc) is 1.93. The van der Waals surface area contributed by atoms with E-state index in [2.05, 4.69) is 38.2 Å². The molecule has 0 aliphatic heterocycles. The maximum absolute atomic E-state index is 2.18. The van der Waals surface area contributed by atoms with Gasteiger partial charge in [-0.2, -0.15) is 0 Å². The predicted molar refractivity (Wildman–Crippen MR) is 43.5 cm³/mol. The quantitative estimate of drug-likeness (QED) is 0.464. The van der Waals surface area contributed by atoms with E-state index in [0.717, 1.165) is 0 Å². The van der Waals surface area contributed by atoms with Crippen LogP contribution >= 0.6 is 0 Å². The summed E-state index contributed by atoms with van der Waals surface area (Å²) in [4.78, 5) is 0. The first-order chi connectivity index (χ1) is 4.41. The molecule has 1 rings (SSSR count). The van der Waals surface area contributed by atoms with E-state index in [1.54, 1.807) is 0 Å².